The quantitative estimate of drug-likeness (QED) is 0.730. The van der Waals surface area contributed by atoms with Crippen molar-refractivity contribution in [2.75, 3.05) is 0 Å². The highest BCUT2D eigenvalue weighted by Gasteiger charge is 2.33. The zero-order valence-corrected chi connectivity index (χ0v) is 9.82. The molecule has 2 atom stereocenters. The number of carbonyl (C=O) groups is 2. The van der Waals surface area contributed by atoms with E-state index >= 15 is 0 Å². The summed E-state index contributed by atoms with van der Waals surface area (Å²) in [7, 11) is 0. The summed E-state index contributed by atoms with van der Waals surface area (Å²) < 4.78 is 0. The average molecular weight is 224 g/mol. The molecule has 0 aromatic rings. The number of rotatable bonds is 5. The molecular weight excluding hydrogens is 204 g/mol. The fourth-order valence-electron chi connectivity index (χ4n) is 2.28. The van der Waals surface area contributed by atoms with Crippen molar-refractivity contribution in [2.45, 2.75) is 45.4 Å². The van der Waals surface area contributed by atoms with Crippen LogP contribution in [0, 0.1) is 11.8 Å². The number of carboxylic acids is 1. The molecule has 0 aliphatic heterocycles. The third kappa shape index (κ3) is 3.47. The summed E-state index contributed by atoms with van der Waals surface area (Å²) in [6, 6.07) is 0. The lowest BCUT2D eigenvalue weighted by Crippen LogP contribution is -2.31. The van der Waals surface area contributed by atoms with Crippen LogP contribution in [0.4, 0.5) is 0 Å². The van der Waals surface area contributed by atoms with Crippen LogP contribution in [0.2, 0.25) is 0 Å². The molecule has 2 unspecified atom stereocenters. The molecule has 3 heteroatoms. The molecule has 1 aliphatic rings. The first kappa shape index (κ1) is 12.9. The molecule has 0 amide bonds. The topological polar surface area (TPSA) is 54.4 Å². The Morgan fingerprint density at radius 3 is 2.81 bits per heavy atom. The Labute approximate surface area is 96.5 Å². The van der Waals surface area contributed by atoms with Gasteiger partial charge in [-0.2, -0.15) is 0 Å². The Balaban J connectivity index is 2.64. The normalized spacial score (nSPS) is 23.6. The lowest BCUT2D eigenvalue weighted by Gasteiger charge is -2.25. The highest BCUT2D eigenvalue weighted by atomic mass is 16.4. The molecule has 0 bridgehead atoms. The number of hydrogen-bond donors (Lipinski definition) is 1. The van der Waals surface area contributed by atoms with Crippen molar-refractivity contribution in [3.8, 4) is 0 Å². The van der Waals surface area contributed by atoms with E-state index in [-0.39, 0.29) is 11.7 Å². The first-order chi connectivity index (χ1) is 7.66. The number of aliphatic carboxylic acids is 1. The molecule has 1 N–H and O–H groups in total. The van der Waals surface area contributed by atoms with E-state index in [9.17, 15) is 9.59 Å². The number of hydrogen-bond acceptors (Lipinski definition) is 2. The summed E-state index contributed by atoms with van der Waals surface area (Å²) in [5.41, 5.74) is 0. The third-order valence-electron chi connectivity index (χ3n) is 3.20. The third-order valence-corrected chi connectivity index (χ3v) is 3.20. The molecule has 1 rings (SSSR count). The predicted molar refractivity (Wildman–Crippen MR) is 62.1 cm³/mol. The van der Waals surface area contributed by atoms with Crippen LogP contribution in [0.1, 0.15) is 45.4 Å². The van der Waals surface area contributed by atoms with Crippen molar-refractivity contribution in [2.24, 2.45) is 11.8 Å². The van der Waals surface area contributed by atoms with Crippen LogP contribution < -0.4 is 0 Å². The van der Waals surface area contributed by atoms with Gasteiger partial charge >= 0.3 is 5.97 Å². The molecule has 0 heterocycles. The van der Waals surface area contributed by atoms with Gasteiger partial charge < -0.3 is 5.11 Å². The van der Waals surface area contributed by atoms with E-state index in [1.807, 2.05) is 19.1 Å². The first-order valence-corrected chi connectivity index (χ1v) is 6.07. The maximum Gasteiger partial charge on any atom is 0.307 e. The highest BCUT2D eigenvalue weighted by Crippen LogP contribution is 2.29. The maximum absolute atomic E-state index is 11.7. The first-order valence-electron chi connectivity index (χ1n) is 6.07. The fraction of sp³-hybridized carbons (Fsp3) is 0.692. The molecule has 0 saturated heterocycles. The van der Waals surface area contributed by atoms with E-state index in [1.165, 1.54) is 0 Å². The summed E-state index contributed by atoms with van der Waals surface area (Å²) in [5, 5.41) is 9.16. The standard InChI is InChI=1S/C13H20O3/c1-2-3-4-8-11(13(15)16)10-7-5-6-9-12(10)14/h3-4,10-11H,2,5-9H2,1H3,(H,15,16). The number of carbonyl (C=O) groups excluding carboxylic acids is 1. The molecular formula is C13H20O3. The largest absolute Gasteiger partial charge is 0.481 e. The fourth-order valence-corrected chi connectivity index (χ4v) is 2.28. The van der Waals surface area contributed by atoms with E-state index in [4.69, 9.17) is 5.11 Å². The minimum Gasteiger partial charge on any atom is -0.481 e. The van der Waals surface area contributed by atoms with Crippen molar-refractivity contribution in [1.29, 1.82) is 0 Å². The van der Waals surface area contributed by atoms with E-state index in [0.29, 0.717) is 12.8 Å². The molecule has 0 aromatic heterocycles. The van der Waals surface area contributed by atoms with Crippen LogP contribution in [-0.2, 0) is 9.59 Å². The van der Waals surface area contributed by atoms with Gasteiger partial charge in [-0.3, -0.25) is 9.59 Å². The van der Waals surface area contributed by atoms with Crippen molar-refractivity contribution in [1.82, 2.24) is 0 Å². The zero-order valence-electron chi connectivity index (χ0n) is 9.82. The highest BCUT2D eigenvalue weighted by molar-refractivity contribution is 5.86. The monoisotopic (exact) mass is 224 g/mol. The lowest BCUT2D eigenvalue weighted by atomic mass is 9.77. The van der Waals surface area contributed by atoms with Crippen molar-refractivity contribution < 1.29 is 14.7 Å². The number of allylic oxidation sites excluding steroid dienone is 2. The zero-order chi connectivity index (χ0) is 12.0. The van der Waals surface area contributed by atoms with E-state index in [0.717, 1.165) is 25.7 Å². The summed E-state index contributed by atoms with van der Waals surface area (Å²) >= 11 is 0. The second kappa shape index (κ2) is 6.46. The summed E-state index contributed by atoms with van der Waals surface area (Å²) in [6.07, 6.45) is 8.46. The Bertz CT molecular complexity index is 281. The van der Waals surface area contributed by atoms with Crippen LogP contribution >= 0.6 is 0 Å². The second-order valence-electron chi connectivity index (χ2n) is 4.38. The summed E-state index contributed by atoms with van der Waals surface area (Å²) in [5.74, 6) is -1.46. The molecule has 0 spiro atoms. The van der Waals surface area contributed by atoms with Gasteiger partial charge in [0.2, 0.25) is 0 Å². The molecule has 3 nitrogen and oxygen atoms in total. The van der Waals surface area contributed by atoms with E-state index in [2.05, 4.69) is 0 Å². The molecule has 1 aliphatic carbocycles. The van der Waals surface area contributed by atoms with Gasteiger partial charge in [-0.1, -0.05) is 25.5 Å². The second-order valence-corrected chi connectivity index (χ2v) is 4.38. The smallest absolute Gasteiger partial charge is 0.307 e. The summed E-state index contributed by atoms with van der Waals surface area (Å²) in [6.45, 7) is 2.01. The van der Waals surface area contributed by atoms with Gasteiger partial charge in [-0.25, -0.2) is 0 Å². The number of ketones is 1. The van der Waals surface area contributed by atoms with Gasteiger partial charge in [-0.15, -0.1) is 0 Å². The van der Waals surface area contributed by atoms with Gasteiger partial charge in [0.1, 0.15) is 5.78 Å². The molecule has 1 saturated carbocycles. The van der Waals surface area contributed by atoms with Gasteiger partial charge in [-0.05, 0) is 25.7 Å². The number of carboxylic acid groups (broad SMARTS) is 1. The average Bonchev–Trinajstić information content (AvgIpc) is 2.25. The molecule has 90 valence electrons. The minimum atomic E-state index is -0.832. The lowest BCUT2D eigenvalue weighted by molar-refractivity contribution is -0.147. The SMILES string of the molecule is CCC=CCC(C(=O)O)C1CCCCC1=O. The number of Topliss-reactive ketones (excluding diaryl/α,β-unsaturated/α-hetero) is 1. The predicted octanol–water partition coefficient (Wildman–Crippen LogP) is 2.80. The van der Waals surface area contributed by atoms with Crippen molar-refractivity contribution >= 4 is 11.8 Å². The molecule has 1 fully saturated rings. The van der Waals surface area contributed by atoms with Crippen molar-refractivity contribution in [3.63, 3.8) is 0 Å². The van der Waals surface area contributed by atoms with Crippen LogP contribution in [0.15, 0.2) is 12.2 Å². The Kier molecular flexibility index (Phi) is 5.23. The maximum atomic E-state index is 11.7. The van der Waals surface area contributed by atoms with Crippen LogP contribution in [-0.4, -0.2) is 16.9 Å². The minimum absolute atomic E-state index is 0.142. The van der Waals surface area contributed by atoms with Crippen LogP contribution in [0.5, 0.6) is 0 Å². The molecule has 0 radical (unpaired) electrons. The summed E-state index contributed by atoms with van der Waals surface area (Å²) in [4.78, 5) is 22.8. The Morgan fingerprint density at radius 1 is 1.50 bits per heavy atom. The van der Waals surface area contributed by atoms with Crippen LogP contribution in [0.3, 0.4) is 0 Å². The van der Waals surface area contributed by atoms with Gasteiger partial charge in [0.15, 0.2) is 0 Å². The van der Waals surface area contributed by atoms with Gasteiger partial charge in [0, 0.05) is 12.3 Å². The van der Waals surface area contributed by atoms with Gasteiger partial charge in [0.05, 0.1) is 5.92 Å². The Hall–Kier alpha value is -1.12. The van der Waals surface area contributed by atoms with E-state index < -0.39 is 11.9 Å². The van der Waals surface area contributed by atoms with Crippen molar-refractivity contribution in [3.05, 3.63) is 12.2 Å². The van der Waals surface area contributed by atoms with E-state index in [1.54, 1.807) is 0 Å². The van der Waals surface area contributed by atoms with Crippen LogP contribution in [0.25, 0.3) is 0 Å². The van der Waals surface area contributed by atoms with Gasteiger partial charge in [0.25, 0.3) is 0 Å². The molecule has 16 heavy (non-hydrogen) atoms. The molecule has 0 aromatic carbocycles. The Morgan fingerprint density at radius 2 is 2.25 bits per heavy atom.